The number of ether oxygens (including phenoxy) is 1. The Morgan fingerprint density at radius 2 is 1.94 bits per heavy atom. The first-order valence-corrected chi connectivity index (χ1v) is 12.4. The second kappa shape index (κ2) is 9.70. The average molecular weight is 462 g/mol. The van der Waals surface area contributed by atoms with Gasteiger partial charge in [-0.15, -0.1) is 10.2 Å². The van der Waals surface area contributed by atoms with E-state index in [1.807, 2.05) is 43.3 Å². The molecule has 2 heterocycles. The third-order valence-corrected chi connectivity index (χ3v) is 7.04. The number of aromatic nitrogens is 4. The average Bonchev–Trinajstić information content (AvgIpc) is 3.45. The molecule has 8 heteroatoms. The van der Waals surface area contributed by atoms with Crippen LogP contribution in [0.25, 0.3) is 15.5 Å². The predicted molar refractivity (Wildman–Crippen MR) is 130 cm³/mol. The quantitative estimate of drug-likeness (QED) is 0.394. The number of hydrogen-bond donors (Lipinski definition) is 1. The number of benzene rings is 2. The van der Waals surface area contributed by atoms with Crippen LogP contribution in [0, 0.1) is 0 Å². The van der Waals surface area contributed by atoms with Gasteiger partial charge in [-0.25, -0.2) is 0 Å². The van der Waals surface area contributed by atoms with Crippen molar-refractivity contribution in [1.29, 1.82) is 0 Å². The molecule has 33 heavy (non-hydrogen) atoms. The van der Waals surface area contributed by atoms with E-state index in [0.29, 0.717) is 17.4 Å². The van der Waals surface area contributed by atoms with E-state index in [-0.39, 0.29) is 12.5 Å². The Hall–Kier alpha value is -3.26. The van der Waals surface area contributed by atoms with E-state index in [0.717, 1.165) is 27.8 Å². The molecule has 5 rings (SSSR count). The fraction of sp³-hybridized carbons (Fsp3) is 0.360. The lowest BCUT2D eigenvalue weighted by molar-refractivity contribution is -0.118. The van der Waals surface area contributed by atoms with Gasteiger partial charge < -0.3 is 10.1 Å². The van der Waals surface area contributed by atoms with Gasteiger partial charge in [0.25, 0.3) is 5.91 Å². The van der Waals surface area contributed by atoms with Gasteiger partial charge in [-0.2, -0.15) is 9.61 Å². The molecule has 1 aliphatic carbocycles. The van der Waals surface area contributed by atoms with Crippen LogP contribution in [-0.4, -0.2) is 32.3 Å². The SMILES string of the molecule is CCc1nnc2sc(-c3cccc(NC(=O)COc4ccc(C5CCCCC5)cc4)c3)nn12. The van der Waals surface area contributed by atoms with Gasteiger partial charge in [0, 0.05) is 17.7 Å². The topological polar surface area (TPSA) is 81.4 Å². The fourth-order valence-electron chi connectivity index (χ4n) is 4.34. The van der Waals surface area contributed by atoms with E-state index in [4.69, 9.17) is 4.74 Å². The van der Waals surface area contributed by atoms with E-state index in [1.54, 1.807) is 4.52 Å². The summed E-state index contributed by atoms with van der Waals surface area (Å²) in [5, 5.41) is 16.7. The molecule has 1 saturated carbocycles. The number of rotatable bonds is 7. The number of anilines is 1. The van der Waals surface area contributed by atoms with Crippen molar-refractivity contribution in [3.63, 3.8) is 0 Å². The highest BCUT2D eigenvalue weighted by Gasteiger charge is 2.16. The molecular weight excluding hydrogens is 434 g/mol. The molecule has 7 nitrogen and oxygen atoms in total. The molecule has 0 radical (unpaired) electrons. The fourth-order valence-corrected chi connectivity index (χ4v) is 5.20. The maximum Gasteiger partial charge on any atom is 0.262 e. The van der Waals surface area contributed by atoms with Crippen LogP contribution in [0.15, 0.2) is 48.5 Å². The molecule has 2 aromatic heterocycles. The summed E-state index contributed by atoms with van der Waals surface area (Å²) >= 11 is 1.47. The highest BCUT2D eigenvalue weighted by Crippen LogP contribution is 2.33. The van der Waals surface area contributed by atoms with Gasteiger partial charge in [-0.1, -0.05) is 61.8 Å². The standard InChI is InChI=1S/C25H27N5O2S/c1-2-22-27-28-25-30(22)29-24(33-25)19-9-6-10-20(15-19)26-23(31)16-32-21-13-11-18(12-14-21)17-7-4-3-5-8-17/h6,9-15,17H,2-5,7-8,16H2,1H3,(H,26,31). The van der Waals surface area contributed by atoms with Gasteiger partial charge in [0.05, 0.1) is 0 Å². The monoisotopic (exact) mass is 461 g/mol. The predicted octanol–water partition coefficient (Wildman–Crippen LogP) is 5.48. The van der Waals surface area contributed by atoms with Crippen molar-refractivity contribution in [3.8, 4) is 16.3 Å². The summed E-state index contributed by atoms with van der Waals surface area (Å²) in [6.45, 7) is 1.99. The summed E-state index contributed by atoms with van der Waals surface area (Å²) in [4.78, 5) is 13.2. The summed E-state index contributed by atoms with van der Waals surface area (Å²) in [6.07, 6.45) is 7.29. The minimum atomic E-state index is -0.199. The molecule has 0 bridgehead atoms. The molecule has 170 valence electrons. The van der Waals surface area contributed by atoms with Gasteiger partial charge >= 0.3 is 0 Å². The van der Waals surface area contributed by atoms with Crippen LogP contribution in [0.1, 0.15) is 56.3 Å². The largest absolute Gasteiger partial charge is 0.484 e. The van der Waals surface area contributed by atoms with Crippen LogP contribution in [0.4, 0.5) is 5.69 Å². The first kappa shape index (κ1) is 21.6. The highest BCUT2D eigenvalue weighted by molar-refractivity contribution is 7.19. The maximum absolute atomic E-state index is 12.5. The van der Waals surface area contributed by atoms with E-state index in [9.17, 15) is 4.79 Å². The first-order valence-electron chi connectivity index (χ1n) is 11.5. The minimum absolute atomic E-state index is 0.0381. The highest BCUT2D eigenvalue weighted by atomic mass is 32.1. The Morgan fingerprint density at radius 3 is 2.73 bits per heavy atom. The third-order valence-electron chi connectivity index (χ3n) is 6.09. The van der Waals surface area contributed by atoms with Crippen molar-refractivity contribution in [2.75, 3.05) is 11.9 Å². The van der Waals surface area contributed by atoms with Crippen LogP contribution in [0.2, 0.25) is 0 Å². The summed E-state index contributed by atoms with van der Waals surface area (Å²) < 4.78 is 7.49. The van der Waals surface area contributed by atoms with Crippen molar-refractivity contribution < 1.29 is 9.53 Å². The number of amides is 1. The Morgan fingerprint density at radius 1 is 1.12 bits per heavy atom. The molecule has 0 saturated heterocycles. The van der Waals surface area contributed by atoms with E-state index in [1.165, 1.54) is 49.0 Å². The number of nitrogens with zero attached hydrogens (tertiary/aromatic N) is 4. The number of aryl methyl sites for hydroxylation is 1. The Labute approximate surface area is 196 Å². The number of fused-ring (bicyclic) bond motifs is 1. The zero-order chi connectivity index (χ0) is 22.6. The Bertz CT molecular complexity index is 1240. The summed E-state index contributed by atoms with van der Waals surface area (Å²) in [6, 6.07) is 15.9. The molecule has 1 aliphatic rings. The van der Waals surface area contributed by atoms with Crippen molar-refractivity contribution in [3.05, 3.63) is 59.9 Å². The lowest BCUT2D eigenvalue weighted by Crippen LogP contribution is -2.20. The molecule has 0 unspecified atom stereocenters. The van der Waals surface area contributed by atoms with E-state index in [2.05, 4.69) is 32.7 Å². The smallest absolute Gasteiger partial charge is 0.262 e. The summed E-state index contributed by atoms with van der Waals surface area (Å²) in [5.74, 6) is 2.01. The molecule has 0 aliphatic heterocycles. The van der Waals surface area contributed by atoms with Crippen LogP contribution >= 0.6 is 11.3 Å². The van der Waals surface area contributed by atoms with Crippen molar-refractivity contribution in [1.82, 2.24) is 19.8 Å². The first-order chi connectivity index (χ1) is 16.2. The second-order valence-electron chi connectivity index (χ2n) is 8.39. The second-order valence-corrected chi connectivity index (χ2v) is 9.35. The van der Waals surface area contributed by atoms with Crippen molar-refractivity contribution >= 4 is 27.9 Å². The summed E-state index contributed by atoms with van der Waals surface area (Å²) in [5.41, 5.74) is 3.00. The maximum atomic E-state index is 12.5. The van der Waals surface area contributed by atoms with Crippen LogP contribution in [0.5, 0.6) is 5.75 Å². The van der Waals surface area contributed by atoms with Gasteiger partial charge in [0.2, 0.25) is 4.96 Å². The Kier molecular flexibility index (Phi) is 6.35. The van der Waals surface area contributed by atoms with Crippen molar-refractivity contribution in [2.45, 2.75) is 51.4 Å². The molecule has 1 amide bonds. The minimum Gasteiger partial charge on any atom is -0.484 e. The number of nitrogens with one attached hydrogen (secondary N) is 1. The lowest BCUT2D eigenvalue weighted by Gasteiger charge is -2.22. The third kappa shape index (κ3) is 4.90. The van der Waals surface area contributed by atoms with E-state index < -0.39 is 0 Å². The number of carbonyl (C=O) groups is 1. The lowest BCUT2D eigenvalue weighted by atomic mass is 9.84. The van der Waals surface area contributed by atoms with Gasteiger partial charge in [0.15, 0.2) is 12.4 Å². The normalized spacial score (nSPS) is 14.5. The summed E-state index contributed by atoms with van der Waals surface area (Å²) in [7, 11) is 0. The van der Waals surface area contributed by atoms with Crippen LogP contribution < -0.4 is 10.1 Å². The number of carbonyl (C=O) groups excluding carboxylic acids is 1. The van der Waals surface area contributed by atoms with Gasteiger partial charge in [0.1, 0.15) is 10.8 Å². The van der Waals surface area contributed by atoms with Crippen LogP contribution in [-0.2, 0) is 11.2 Å². The van der Waals surface area contributed by atoms with Crippen LogP contribution in [0.3, 0.4) is 0 Å². The zero-order valence-corrected chi connectivity index (χ0v) is 19.5. The van der Waals surface area contributed by atoms with Gasteiger partial charge in [-0.3, -0.25) is 4.79 Å². The van der Waals surface area contributed by atoms with Crippen molar-refractivity contribution in [2.24, 2.45) is 0 Å². The van der Waals surface area contributed by atoms with E-state index >= 15 is 0 Å². The molecule has 0 atom stereocenters. The zero-order valence-electron chi connectivity index (χ0n) is 18.7. The molecular formula is C25H27N5O2S. The Balaban J connectivity index is 1.19. The molecule has 4 aromatic rings. The molecule has 0 spiro atoms. The molecule has 1 N–H and O–H groups in total. The molecule has 2 aromatic carbocycles. The number of hydrogen-bond acceptors (Lipinski definition) is 6. The molecule has 1 fully saturated rings. The van der Waals surface area contributed by atoms with Gasteiger partial charge in [-0.05, 0) is 48.6 Å².